The highest BCUT2D eigenvalue weighted by atomic mass is 32.2. The highest BCUT2D eigenvalue weighted by Gasteiger charge is 2.43. The first-order chi connectivity index (χ1) is 12.6. The molecule has 1 aromatic heterocycles. The topological polar surface area (TPSA) is 75.5 Å². The van der Waals surface area contributed by atoms with Crippen LogP contribution in [0.15, 0.2) is 49.1 Å². The van der Waals surface area contributed by atoms with Gasteiger partial charge in [0.15, 0.2) is 0 Å². The summed E-state index contributed by atoms with van der Waals surface area (Å²) in [5.74, 6) is -0.101. The van der Waals surface area contributed by atoms with E-state index < -0.39 is 15.3 Å². The number of likely N-dealkylation sites (tertiary alicyclic amines) is 1. The van der Waals surface area contributed by atoms with E-state index in [9.17, 15) is 13.2 Å². The first-order valence-corrected chi connectivity index (χ1v) is 10.4. The zero-order valence-corrected chi connectivity index (χ0v) is 15.3. The Morgan fingerprint density at radius 1 is 1.08 bits per heavy atom. The van der Waals surface area contributed by atoms with Gasteiger partial charge >= 0.3 is 0 Å². The molecule has 138 valence electrons. The minimum Gasteiger partial charge on any atom is -0.336 e. The van der Waals surface area contributed by atoms with Crippen molar-refractivity contribution in [1.82, 2.24) is 18.8 Å². The van der Waals surface area contributed by atoms with Crippen LogP contribution in [0.2, 0.25) is 0 Å². The summed E-state index contributed by atoms with van der Waals surface area (Å²) in [4.78, 5) is 18.0. The molecule has 1 amide bonds. The van der Waals surface area contributed by atoms with Crippen LogP contribution in [0, 0.1) is 0 Å². The second-order valence-corrected chi connectivity index (χ2v) is 9.10. The van der Waals surface area contributed by atoms with Gasteiger partial charge in [0.1, 0.15) is 5.25 Å². The smallest absolute Gasteiger partial charge is 0.253 e. The molecule has 2 aliphatic rings. The molecule has 1 aromatic carbocycles. The van der Waals surface area contributed by atoms with E-state index in [1.165, 1.54) is 0 Å². The third-order valence-electron chi connectivity index (χ3n) is 5.31. The second kappa shape index (κ2) is 6.85. The third-order valence-corrected chi connectivity index (χ3v) is 7.53. The number of rotatable bonds is 4. The Labute approximate surface area is 153 Å². The van der Waals surface area contributed by atoms with Crippen molar-refractivity contribution in [2.75, 3.05) is 26.2 Å². The molecule has 0 atom stereocenters. The normalized spacial score (nSPS) is 20.1. The molecule has 2 fully saturated rings. The highest BCUT2D eigenvalue weighted by Crippen LogP contribution is 2.28. The number of amides is 1. The molecule has 3 heterocycles. The molecule has 0 N–H and O–H groups in total. The SMILES string of the molecule is O=C(c1ccccc1)N1CC(S(=O)(=O)N2CCC(n3ccnc3)CC2)C1. The third kappa shape index (κ3) is 3.14. The van der Waals surface area contributed by atoms with Crippen LogP contribution in [0.1, 0.15) is 29.2 Å². The maximum Gasteiger partial charge on any atom is 0.253 e. The first kappa shape index (κ1) is 17.2. The maximum absolute atomic E-state index is 12.8. The lowest BCUT2D eigenvalue weighted by Crippen LogP contribution is -2.60. The maximum atomic E-state index is 12.8. The summed E-state index contributed by atoms with van der Waals surface area (Å²) in [6, 6.07) is 9.29. The minimum atomic E-state index is -3.35. The van der Waals surface area contributed by atoms with Crippen molar-refractivity contribution in [3.8, 4) is 0 Å². The summed E-state index contributed by atoms with van der Waals surface area (Å²) in [5, 5.41) is -0.486. The van der Waals surface area contributed by atoms with Gasteiger partial charge in [-0.25, -0.2) is 17.7 Å². The summed E-state index contributed by atoms with van der Waals surface area (Å²) in [7, 11) is -3.35. The van der Waals surface area contributed by atoms with Crippen LogP contribution in [0.5, 0.6) is 0 Å². The lowest BCUT2D eigenvalue weighted by Gasteiger charge is -2.42. The van der Waals surface area contributed by atoms with Gasteiger partial charge in [0.05, 0.1) is 6.33 Å². The monoisotopic (exact) mass is 374 g/mol. The molecule has 0 bridgehead atoms. The Hall–Kier alpha value is -2.19. The predicted octanol–water partition coefficient (Wildman–Crippen LogP) is 1.37. The van der Waals surface area contributed by atoms with Crippen molar-refractivity contribution in [2.24, 2.45) is 0 Å². The fourth-order valence-electron chi connectivity index (χ4n) is 3.65. The number of hydrogen-bond donors (Lipinski definition) is 0. The fraction of sp³-hybridized carbons (Fsp3) is 0.444. The molecule has 0 aliphatic carbocycles. The number of nitrogens with zero attached hydrogens (tertiary/aromatic N) is 4. The van der Waals surface area contributed by atoms with Gasteiger partial charge in [0.2, 0.25) is 10.0 Å². The van der Waals surface area contributed by atoms with E-state index >= 15 is 0 Å². The molecule has 0 radical (unpaired) electrons. The van der Waals surface area contributed by atoms with Crippen LogP contribution in [0.3, 0.4) is 0 Å². The largest absolute Gasteiger partial charge is 0.336 e. The summed E-state index contributed by atoms with van der Waals surface area (Å²) >= 11 is 0. The Bertz CT molecular complexity index is 853. The number of hydrogen-bond acceptors (Lipinski definition) is 4. The van der Waals surface area contributed by atoms with Crippen molar-refractivity contribution in [1.29, 1.82) is 0 Å². The van der Waals surface area contributed by atoms with E-state index in [4.69, 9.17) is 0 Å². The number of benzene rings is 1. The molecule has 26 heavy (non-hydrogen) atoms. The van der Waals surface area contributed by atoms with Crippen molar-refractivity contribution in [3.05, 3.63) is 54.6 Å². The molecule has 0 saturated carbocycles. The highest BCUT2D eigenvalue weighted by molar-refractivity contribution is 7.89. The average molecular weight is 374 g/mol. The van der Waals surface area contributed by atoms with Crippen molar-refractivity contribution in [2.45, 2.75) is 24.1 Å². The van der Waals surface area contributed by atoms with Gasteiger partial charge in [0.25, 0.3) is 5.91 Å². The van der Waals surface area contributed by atoms with Gasteiger partial charge in [-0.3, -0.25) is 4.79 Å². The summed E-state index contributed by atoms with van der Waals surface area (Å²) in [6.45, 7) is 1.59. The summed E-state index contributed by atoms with van der Waals surface area (Å²) in [6.07, 6.45) is 7.03. The molecule has 2 aliphatic heterocycles. The van der Waals surface area contributed by atoms with Crippen LogP contribution < -0.4 is 0 Å². The van der Waals surface area contributed by atoms with Crippen LogP contribution >= 0.6 is 0 Å². The number of aromatic nitrogens is 2. The van der Waals surface area contributed by atoms with E-state index in [0.29, 0.717) is 24.7 Å². The zero-order chi connectivity index (χ0) is 18.1. The molecule has 7 nitrogen and oxygen atoms in total. The van der Waals surface area contributed by atoms with Crippen molar-refractivity contribution >= 4 is 15.9 Å². The standard InChI is InChI=1S/C18H22N4O3S/c23-18(15-4-2-1-3-5-15)21-12-17(13-21)26(24,25)22-9-6-16(7-10-22)20-11-8-19-14-20/h1-5,8,11,14,16-17H,6-7,9-10,12-13H2. The Morgan fingerprint density at radius 3 is 2.38 bits per heavy atom. The average Bonchev–Trinajstić information content (AvgIpc) is 3.16. The van der Waals surface area contributed by atoms with Gasteiger partial charge in [-0.2, -0.15) is 0 Å². The zero-order valence-electron chi connectivity index (χ0n) is 14.4. The van der Waals surface area contributed by atoms with Gasteiger partial charge in [-0.05, 0) is 25.0 Å². The molecule has 2 aromatic rings. The quantitative estimate of drug-likeness (QED) is 0.810. The van der Waals surface area contributed by atoms with E-state index in [0.717, 1.165) is 12.8 Å². The molecular weight excluding hydrogens is 352 g/mol. The summed E-state index contributed by atoms with van der Waals surface area (Å²) < 4.78 is 29.3. The molecule has 0 unspecified atom stereocenters. The molecule has 8 heteroatoms. The predicted molar refractivity (Wildman–Crippen MR) is 97.1 cm³/mol. The summed E-state index contributed by atoms with van der Waals surface area (Å²) in [5.41, 5.74) is 0.601. The number of carbonyl (C=O) groups is 1. The van der Waals surface area contributed by atoms with E-state index in [2.05, 4.69) is 4.98 Å². The second-order valence-electron chi connectivity index (χ2n) is 6.88. The lowest BCUT2D eigenvalue weighted by molar-refractivity contribution is 0.0654. The molecule has 0 spiro atoms. The van der Waals surface area contributed by atoms with Gasteiger partial charge in [-0.1, -0.05) is 18.2 Å². The first-order valence-electron chi connectivity index (χ1n) is 8.86. The fourth-order valence-corrected chi connectivity index (χ4v) is 5.52. The van der Waals surface area contributed by atoms with Crippen LogP contribution in [0.25, 0.3) is 0 Å². The number of imidazole rings is 1. The minimum absolute atomic E-state index is 0.101. The Morgan fingerprint density at radius 2 is 1.77 bits per heavy atom. The number of piperidine rings is 1. The molecular formula is C18H22N4O3S. The van der Waals surface area contributed by atoms with Crippen molar-refractivity contribution < 1.29 is 13.2 Å². The van der Waals surface area contributed by atoms with E-state index in [-0.39, 0.29) is 19.0 Å². The molecule has 4 rings (SSSR count). The number of carbonyl (C=O) groups excluding carboxylic acids is 1. The van der Waals surface area contributed by atoms with Crippen LogP contribution in [-0.2, 0) is 10.0 Å². The Kier molecular flexibility index (Phi) is 4.54. The number of sulfonamides is 1. The van der Waals surface area contributed by atoms with Crippen LogP contribution in [-0.4, -0.2) is 64.5 Å². The van der Waals surface area contributed by atoms with E-state index in [1.54, 1.807) is 33.9 Å². The van der Waals surface area contributed by atoms with Crippen molar-refractivity contribution in [3.63, 3.8) is 0 Å². The Balaban J connectivity index is 1.33. The lowest BCUT2D eigenvalue weighted by atomic mass is 10.1. The van der Waals surface area contributed by atoms with E-state index in [1.807, 2.05) is 29.0 Å². The van der Waals surface area contributed by atoms with Gasteiger partial charge in [-0.15, -0.1) is 0 Å². The van der Waals surface area contributed by atoms with Gasteiger partial charge in [0, 0.05) is 50.2 Å². The molecule has 2 saturated heterocycles. The van der Waals surface area contributed by atoms with Gasteiger partial charge < -0.3 is 9.47 Å². The van der Waals surface area contributed by atoms with Crippen LogP contribution in [0.4, 0.5) is 0 Å².